The summed E-state index contributed by atoms with van der Waals surface area (Å²) >= 11 is 0. The molecule has 2 fully saturated rings. The van der Waals surface area contributed by atoms with Gasteiger partial charge in [0, 0.05) is 37.5 Å². The molecule has 0 unspecified atom stereocenters. The van der Waals surface area contributed by atoms with Crippen LogP contribution in [-0.2, 0) is 25.7 Å². The molecule has 2 aliphatic rings. The number of hydrogen-bond acceptors (Lipinski definition) is 6. The first kappa shape index (κ1) is 21.4. The number of rotatable bonds is 4. The second kappa shape index (κ2) is 8.14. The summed E-state index contributed by atoms with van der Waals surface area (Å²) in [6.07, 6.45) is 3.79. The third-order valence-corrected chi connectivity index (χ3v) is 8.32. The van der Waals surface area contributed by atoms with E-state index in [0.29, 0.717) is 39.1 Å². The van der Waals surface area contributed by atoms with Gasteiger partial charge in [-0.3, -0.25) is 4.98 Å². The SMILES string of the molecule is CCc1ccc2ncc(S(=O)(=O)c3ccc(C)cc3)c(N3CCC4(CC3)OCCO4)c2c1. The molecule has 0 N–H and O–H groups in total. The second-order valence-electron chi connectivity index (χ2n) is 8.59. The minimum absolute atomic E-state index is 0.256. The van der Waals surface area contributed by atoms with Crippen molar-refractivity contribution in [1.82, 2.24) is 4.98 Å². The number of pyridine rings is 1. The first-order valence-corrected chi connectivity index (χ1v) is 12.7. The van der Waals surface area contributed by atoms with Crippen molar-refractivity contribution in [2.75, 3.05) is 31.2 Å². The first-order chi connectivity index (χ1) is 15.4. The van der Waals surface area contributed by atoms with Gasteiger partial charge in [-0.25, -0.2) is 8.42 Å². The van der Waals surface area contributed by atoms with Gasteiger partial charge in [0.15, 0.2) is 5.79 Å². The van der Waals surface area contributed by atoms with E-state index < -0.39 is 15.6 Å². The lowest BCUT2D eigenvalue weighted by molar-refractivity contribution is -0.169. The minimum atomic E-state index is -3.74. The summed E-state index contributed by atoms with van der Waals surface area (Å²) in [5.74, 6) is -0.524. The zero-order chi connectivity index (χ0) is 22.3. The third kappa shape index (κ3) is 3.68. The molecule has 0 bridgehead atoms. The van der Waals surface area contributed by atoms with Gasteiger partial charge in [0.2, 0.25) is 9.84 Å². The van der Waals surface area contributed by atoms with Crippen molar-refractivity contribution in [3.63, 3.8) is 0 Å². The summed E-state index contributed by atoms with van der Waals surface area (Å²) in [5.41, 5.74) is 3.71. The number of anilines is 1. The maximum absolute atomic E-state index is 13.7. The molecule has 3 heterocycles. The Labute approximate surface area is 189 Å². The molecule has 0 amide bonds. The van der Waals surface area contributed by atoms with E-state index >= 15 is 0 Å². The van der Waals surface area contributed by atoms with Crippen molar-refractivity contribution < 1.29 is 17.9 Å². The molecule has 1 spiro atoms. The number of sulfone groups is 1. The van der Waals surface area contributed by atoms with E-state index in [1.807, 2.05) is 25.1 Å². The molecule has 168 valence electrons. The normalized spacial score (nSPS) is 18.5. The van der Waals surface area contributed by atoms with Gasteiger partial charge >= 0.3 is 0 Å². The predicted molar refractivity (Wildman–Crippen MR) is 124 cm³/mol. The van der Waals surface area contributed by atoms with Crippen molar-refractivity contribution in [3.8, 4) is 0 Å². The predicted octanol–water partition coefficient (Wildman–Crippen LogP) is 4.28. The Balaban J connectivity index is 1.65. The molecule has 5 rings (SSSR count). The quantitative estimate of drug-likeness (QED) is 0.589. The highest BCUT2D eigenvalue weighted by molar-refractivity contribution is 7.91. The van der Waals surface area contributed by atoms with E-state index in [0.717, 1.165) is 34.1 Å². The van der Waals surface area contributed by atoms with Crippen LogP contribution in [0, 0.1) is 6.92 Å². The van der Waals surface area contributed by atoms with Gasteiger partial charge in [-0.15, -0.1) is 0 Å². The fraction of sp³-hybridized carbons (Fsp3) is 0.400. The van der Waals surface area contributed by atoms with Crippen LogP contribution in [0.2, 0.25) is 0 Å². The molecular weight excluding hydrogens is 424 g/mol. The summed E-state index contributed by atoms with van der Waals surface area (Å²) in [7, 11) is -3.74. The van der Waals surface area contributed by atoms with Crippen molar-refractivity contribution in [1.29, 1.82) is 0 Å². The summed E-state index contributed by atoms with van der Waals surface area (Å²) in [5, 5.41) is 0.877. The molecule has 1 aromatic heterocycles. The molecular formula is C25H28N2O4S. The molecule has 2 aromatic carbocycles. The fourth-order valence-electron chi connectivity index (χ4n) is 4.65. The first-order valence-electron chi connectivity index (χ1n) is 11.2. The zero-order valence-electron chi connectivity index (χ0n) is 18.5. The lowest BCUT2D eigenvalue weighted by Gasteiger charge is -2.39. The van der Waals surface area contributed by atoms with E-state index in [-0.39, 0.29) is 9.79 Å². The zero-order valence-corrected chi connectivity index (χ0v) is 19.3. The van der Waals surface area contributed by atoms with Gasteiger partial charge in [0.25, 0.3) is 0 Å². The van der Waals surface area contributed by atoms with Gasteiger partial charge in [-0.2, -0.15) is 0 Å². The summed E-state index contributed by atoms with van der Waals surface area (Å²) in [6.45, 7) is 6.59. The highest BCUT2D eigenvalue weighted by atomic mass is 32.2. The highest BCUT2D eigenvalue weighted by Gasteiger charge is 2.41. The number of fused-ring (bicyclic) bond motifs is 1. The van der Waals surface area contributed by atoms with Gasteiger partial charge in [-0.05, 0) is 43.2 Å². The standard InChI is InChI=1S/C25H28N2O4S/c1-3-19-6-9-22-21(16-19)24(27-12-10-25(11-13-27)30-14-15-31-25)23(17-26-22)32(28,29)20-7-4-18(2)5-8-20/h4-9,16-17H,3,10-15H2,1-2H3. The van der Waals surface area contributed by atoms with E-state index in [2.05, 4.69) is 28.9 Å². The van der Waals surface area contributed by atoms with Crippen LogP contribution in [0.25, 0.3) is 10.9 Å². The Kier molecular flexibility index (Phi) is 5.43. The molecule has 6 nitrogen and oxygen atoms in total. The Morgan fingerprint density at radius 2 is 1.72 bits per heavy atom. The van der Waals surface area contributed by atoms with Crippen molar-refractivity contribution in [2.24, 2.45) is 0 Å². The van der Waals surface area contributed by atoms with Crippen LogP contribution < -0.4 is 4.90 Å². The van der Waals surface area contributed by atoms with Gasteiger partial charge in [-0.1, -0.05) is 30.7 Å². The molecule has 2 aliphatic heterocycles. The van der Waals surface area contributed by atoms with E-state index in [9.17, 15) is 8.42 Å². The van der Waals surface area contributed by atoms with Crippen LogP contribution in [0.1, 0.15) is 30.9 Å². The van der Waals surface area contributed by atoms with Crippen LogP contribution in [0.15, 0.2) is 58.5 Å². The lowest BCUT2D eigenvalue weighted by atomic mass is 10.0. The van der Waals surface area contributed by atoms with Crippen molar-refractivity contribution in [3.05, 3.63) is 59.8 Å². The fourth-order valence-corrected chi connectivity index (χ4v) is 6.08. The molecule has 0 saturated carbocycles. The Morgan fingerprint density at radius 3 is 2.38 bits per heavy atom. The van der Waals surface area contributed by atoms with Crippen molar-refractivity contribution >= 4 is 26.4 Å². The Morgan fingerprint density at radius 1 is 1.03 bits per heavy atom. The van der Waals surface area contributed by atoms with E-state index in [1.165, 1.54) is 6.20 Å². The Hall–Kier alpha value is -2.48. The summed E-state index contributed by atoms with van der Waals surface area (Å²) in [4.78, 5) is 7.25. The number of ether oxygens (including phenoxy) is 2. The maximum atomic E-state index is 13.7. The highest BCUT2D eigenvalue weighted by Crippen LogP contribution is 2.40. The topological polar surface area (TPSA) is 68.7 Å². The molecule has 0 aliphatic carbocycles. The average molecular weight is 453 g/mol. The van der Waals surface area contributed by atoms with Gasteiger partial charge in [0.05, 0.1) is 29.3 Å². The average Bonchev–Trinajstić information content (AvgIpc) is 3.26. The smallest absolute Gasteiger partial charge is 0.210 e. The third-order valence-electron chi connectivity index (χ3n) is 6.55. The largest absolute Gasteiger partial charge is 0.369 e. The van der Waals surface area contributed by atoms with Crippen molar-refractivity contribution in [2.45, 2.75) is 48.7 Å². The Bertz CT molecular complexity index is 1240. The minimum Gasteiger partial charge on any atom is -0.369 e. The van der Waals surface area contributed by atoms with Crippen LogP contribution in [-0.4, -0.2) is 45.5 Å². The number of aryl methyl sites for hydroxylation is 2. The number of nitrogens with zero attached hydrogens (tertiary/aromatic N) is 2. The molecule has 32 heavy (non-hydrogen) atoms. The van der Waals surface area contributed by atoms with Gasteiger partial charge in [0.1, 0.15) is 4.90 Å². The summed E-state index contributed by atoms with van der Waals surface area (Å²) in [6, 6.07) is 13.1. The molecule has 0 atom stereocenters. The van der Waals surface area contributed by atoms with Crippen LogP contribution in [0.5, 0.6) is 0 Å². The monoisotopic (exact) mass is 452 g/mol. The molecule has 7 heteroatoms. The van der Waals surface area contributed by atoms with Crippen LogP contribution in [0.4, 0.5) is 5.69 Å². The van der Waals surface area contributed by atoms with E-state index in [4.69, 9.17) is 9.47 Å². The molecule has 3 aromatic rings. The number of benzene rings is 2. The second-order valence-corrected chi connectivity index (χ2v) is 10.5. The molecule has 2 saturated heterocycles. The van der Waals surface area contributed by atoms with E-state index in [1.54, 1.807) is 12.1 Å². The summed E-state index contributed by atoms with van der Waals surface area (Å²) < 4.78 is 39.3. The van der Waals surface area contributed by atoms with Gasteiger partial charge < -0.3 is 14.4 Å². The molecule has 0 radical (unpaired) electrons. The number of hydrogen-bond donors (Lipinski definition) is 0. The van der Waals surface area contributed by atoms with Crippen LogP contribution in [0.3, 0.4) is 0 Å². The maximum Gasteiger partial charge on any atom is 0.210 e. The van der Waals surface area contributed by atoms with Crippen LogP contribution >= 0.6 is 0 Å². The number of aromatic nitrogens is 1. The number of piperidine rings is 1. The lowest BCUT2D eigenvalue weighted by Crippen LogP contribution is -2.45.